The van der Waals surface area contributed by atoms with Crippen LogP contribution in [0.15, 0.2) is 0 Å². The Morgan fingerprint density at radius 3 is 2.75 bits per heavy atom. The first-order valence-electron chi connectivity index (χ1n) is 6.96. The van der Waals surface area contributed by atoms with Gasteiger partial charge >= 0.3 is 5.97 Å². The van der Waals surface area contributed by atoms with E-state index in [1.54, 1.807) is 11.8 Å². The molecule has 0 aliphatic heterocycles. The second kappa shape index (κ2) is 7.66. The number of nitrogens with one attached hydrogen (secondary N) is 1. The predicted molar refractivity (Wildman–Crippen MR) is 82.8 cm³/mol. The predicted octanol–water partition coefficient (Wildman–Crippen LogP) is 1.23. The van der Waals surface area contributed by atoms with E-state index in [9.17, 15) is 13.2 Å². The average molecular weight is 323 g/mol. The van der Waals surface area contributed by atoms with Gasteiger partial charge in [0, 0.05) is 17.3 Å². The van der Waals surface area contributed by atoms with E-state index in [0.717, 1.165) is 25.8 Å². The molecule has 5 nitrogen and oxygen atoms in total. The molecule has 1 aliphatic carbocycles. The zero-order chi connectivity index (χ0) is 15.2. The first-order valence-corrected chi connectivity index (χ1v) is 10.1. The lowest BCUT2D eigenvalue weighted by Crippen LogP contribution is -2.51. The second-order valence-corrected chi connectivity index (χ2v) is 9.03. The minimum Gasteiger partial charge on any atom is -0.468 e. The molecule has 0 aromatic carbocycles. The van der Waals surface area contributed by atoms with Gasteiger partial charge in [0.1, 0.15) is 15.4 Å². The summed E-state index contributed by atoms with van der Waals surface area (Å²) in [4.78, 5) is 12.0. The number of hydrogen-bond donors (Lipinski definition) is 1. The van der Waals surface area contributed by atoms with Gasteiger partial charge in [0.05, 0.1) is 12.9 Å². The van der Waals surface area contributed by atoms with Crippen molar-refractivity contribution in [2.45, 2.75) is 43.4 Å². The molecule has 0 bridgehead atoms. The van der Waals surface area contributed by atoms with Gasteiger partial charge in [0.15, 0.2) is 0 Å². The molecular formula is C13H25NO4S2. The molecule has 0 saturated heterocycles. The lowest BCUT2D eigenvalue weighted by Gasteiger charge is -2.27. The zero-order valence-electron chi connectivity index (χ0n) is 12.5. The van der Waals surface area contributed by atoms with Crippen LogP contribution in [0.2, 0.25) is 0 Å². The lowest BCUT2D eigenvalue weighted by atomic mass is 9.97. The summed E-state index contributed by atoms with van der Waals surface area (Å²) in [5.74, 6) is 0.591. The van der Waals surface area contributed by atoms with E-state index in [1.165, 1.54) is 13.4 Å². The van der Waals surface area contributed by atoms with Crippen molar-refractivity contribution in [2.24, 2.45) is 0 Å². The van der Waals surface area contributed by atoms with Crippen LogP contribution < -0.4 is 5.32 Å². The third kappa shape index (κ3) is 5.26. The van der Waals surface area contributed by atoms with Crippen molar-refractivity contribution >= 4 is 27.6 Å². The Morgan fingerprint density at radius 1 is 1.50 bits per heavy atom. The minimum atomic E-state index is -2.91. The first-order chi connectivity index (χ1) is 9.33. The van der Waals surface area contributed by atoms with Crippen LogP contribution in [-0.4, -0.2) is 56.6 Å². The molecule has 0 aromatic heterocycles. The van der Waals surface area contributed by atoms with Gasteiger partial charge < -0.3 is 10.1 Å². The molecule has 1 rings (SSSR count). The molecule has 118 valence electrons. The van der Waals surface area contributed by atoms with E-state index in [4.69, 9.17) is 4.74 Å². The Labute approximate surface area is 126 Å². The zero-order valence-corrected chi connectivity index (χ0v) is 14.1. The standard InChI is InChI=1S/C13H25NO4S2/c1-4-7-14-13(12(15)18-2)6-5-11(10-13)19-8-9-20(3,16)17/h11,14H,4-10H2,1-3H3. The van der Waals surface area contributed by atoms with Crippen LogP contribution in [0.25, 0.3) is 0 Å². The Balaban J connectivity index is 2.54. The number of carbonyl (C=O) groups excluding carboxylic acids is 1. The van der Waals surface area contributed by atoms with Crippen molar-refractivity contribution in [3.8, 4) is 0 Å². The van der Waals surface area contributed by atoms with E-state index in [2.05, 4.69) is 12.2 Å². The van der Waals surface area contributed by atoms with Crippen LogP contribution in [0, 0.1) is 0 Å². The molecule has 20 heavy (non-hydrogen) atoms. The Kier molecular flexibility index (Phi) is 6.81. The van der Waals surface area contributed by atoms with Crippen LogP contribution >= 0.6 is 11.8 Å². The second-order valence-electron chi connectivity index (χ2n) is 5.37. The fourth-order valence-corrected chi connectivity index (χ4v) is 5.10. The maximum absolute atomic E-state index is 12.0. The van der Waals surface area contributed by atoms with E-state index in [1.807, 2.05) is 0 Å². The third-order valence-electron chi connectivity index (χ3n) is 3.57. The highest BCUT2D eigenvalue weighted by atomic mass is 32.2. The molecule has 0 spiro atoms. The summed E-state index contributed by atoms with van der Waals surface area (Å²) < 4.78 is 27.2. The van der Waals surface area contributed by atoms with Crippen LogP contribution in [0.1, 0.15) is 32.6 Å². The minimum absolute atomic E-state index is 0.196. The topological polar surface area (TPSA) is 72.5 Å². The van der Waals surface area contributed by atoms with Gasteiger partial charge in [0.2, 0.25) is 0 Å². The van der Waals surface area contributed by atoms with Crippen LogP contribution in [0.5, 0.6) is 0 Å². The van der Waals surface area contributed by atoms with Gasteiger partial charge in [-0.1, -0.05) is 6.92 Å². The molecule has 0 amide bonds. The number of rotatable bonds is 8. The number of sulfone groups is 1. The molecule has 0 heterocycles. The summed E-state index contributed by atoms with van der Waals surface area (Å²) in [6, 6.07) is 0. The maximum atomic E-state index is 12.0. The maximum Gasteiger partial charge on any atom is 0.326 e. The summed E-state index contributed by atoms with van der Waals surface area (Å²) >= 11 is 1.65. The van der Waals surface area contributed by atoms with E-state index < -0.39 is 15.4 Å². The molecule has 7 heteroatoms. The van der Waals surface area contributed by atoms with Crippen molar-refractivity contribution in [2.75, 3.05) is 31.4 Å². The summed E-state index contributed by atoms with van der Waals surface area (Å²) in [6.07, 6.45) is 4.61. The van der Waals surface area contributed by atoms with Crippen LogP contribution in [0.3, 0.4) is 0 Å². The smallest absolute Gasteiger partial charge is 0.326 e. The monoisotopic (exact) mass is 323 g/mol. The van der Waals surface area contributed by atoms with E-state index >= 15 is 0 Å². The fourth-order valence-electron chi connectivity index (χ4n) is 2.49. The van der Waals surface area contributed by atoms with E-state index in [-0.39, 0.29) is 11.7 Å². The Hall–Kier alpha value is -0.270. The highest BCUT2D eigenvalue weighted by Gasteiger charge is 2.45. The number of thioether (sulfide) groups is 1. The van der Waals surface area contributed by atoms with Gasteiger partial charge in [-0.05, 0) is 32.2 Å². The van der Waals surface area contributed by atoms with Crippen molar-refractivity contribution in [1.29, 1.82) is 0 Å². The molecule has 0 radical (unpaired) electrons. The SMILES string of the molecule is CCCNC1(C(=O)OC)CCC(SCCS(C)(=O)=O)C1. The summed E-state index contributed by atoms with van der Waals surface area (Å²) in [7, 11) is -1.49. The molecule has 1 saturated carbocycles. The molecule has 2 unspecified atom stereocenters. The van der Waals surface area contributed by atoms with Crippen LogP contribution in [0.4, 0.5) is 0 Å². The van der Waals surface area contributed by atoms with Gasteiger partial charge in [0.25, 0.3) is 0 Å². The van der Waals surface area contributed by atoms with E-state index in [0.29, 0.717) is 17.4 Å². The largest absolute Gasteiger partial charge is 0.468 e. The highest BCUT2D eigenvalue weighted by Crippen LogP contribution is 2.38. The Morgan fingerprint density at radius 2 is 2.20 bits per heavy atom. The molecule has 0 aromatic rings. The Bertz CT molecular complexity index is 424. The molecule has 2 atom stereocenters. The summed E-state index contributed by atoms with van der Waals surface area (Å²) in [6.45, 7) is 2.85. The molecule has 1 aliphatic rings. The number of methoxy groups -OCH3 is 1. The molecular weight excluding hydrogens is 298 g/mol. The van der Waals surface area contributed by atoms with Crippen LogP contribution in [-0.2, 0) is 19.4 Å². The van der Waals surface area contributed by atoms with Gasteiger partial charge in [-0.3, -0.25) is 4.79 Å². The van der Waals surface area contributed by atoms with Crippen molar-refractivity contribution in [1.82, 2.24) is 5.32 Å². The number of esters is 1. The summed E-state index contributed by atoms with van der Waals surface area (Å²) in [5.41, 5.74) is -0.576. The quantitative estimate of drug-likeness (QED) is 0.677. The van der Waals surface area contributed by atoms with Crippen molar-refractivity contribution in [3.63, 3.8) is 0 Å². The average Bonchev–Trinajstić information content (AvgIpc) is 2.79. The highest BCUT2D eigenvalue weighted by molar-refractivity contribution is 8.01. The number of ether oxygens (including phenoxy) is 1. The lowest BCUT2D eigenvalue weighted by molar-refractivity contribution is -0.148. The third-order valence-corrected chi connectivity index (χ3v) is 6.08. The van der Waals surface area contributed by atoms with Crippen molar-refractivity contribution in [3.05, 3.63) is 0 Å². The van der Waals surface area contributed by atoms with Gasteiger partial charge in [-0.2, -0.15) is 11.8 Å². The van der Waals surface area contributed by atoms with Gasteiger partial charge in [-0.15, -0.1) is 0 Å². The normalized spacial score (nSPS) is 26.6. The number of carbonyl (C=O) groups is 1. The van der Waals surface area contributed by atoms with Crippen molar-refractivity contribution < 1.29 is 17.9 Å². The molecule has 1 N–H and O–H groups in total. The fraction of sp³-hybridized carbons (Fsp3) is 0.923. The first kappa shape index (κ1) is 17.8. The molecule has 1 fully saturated rings. The number of hydrogen-bond acceptors (Lipinski definition) is 6. The summed E-state index contributed by atoms with van der Waals surface area (Å²) in [5, 5.41) is 3.65. The van der Waals surface area contributed by atoms with Gasteiger partial charge in [-0.25, -0.2) is 8.42 Å².